The summed E-state index contributed by atoms with van der Waals surface area (Å²) in [7, 11) is 1.82. The number of carbonyl (C=O) groups excluding carboxylic acids is 2. The number of amides is 3. The van der Waals surface area contributed by atoms with Crippen molar-refractivity contribution in [3.05, 3.63) is 16.1 Å². The molecule has 6 nitrogen and oxygen atoms in total. The highest BCUT2D eigenvalue weighted by molar-refractivity contribution is 7.09. The van der Waals surface area contributed by atoms with Crippen LogP contribution in [0.1, 0.15) is 49.1 Å². The fourth-order valence-corrected chi connectivity index (χ4v) is 4.94. The number of aryl methyl sites for hydroxylation is 2. The van der Waals surface area contributed by atoms with Crippen molar-refractivity contribution < 1.29 is 9.59 Å². The van der Waals surface area contributed by atoms with Gasteiger partial charge in [0.15, 0.2) is 0 Å². The maximum Gasteiger partial charge on any atom is 0.317 e. The second kappa shape index (κ2) is 8.84. The summed E-state index contributed by atoms with van der Waals surface area (Å²) < 4.78 is 0. The van der Waals surface area contributed by atoms with Crippen LogP contribution in [0.2, 0.25) is 0 Å². The van der Waals surface area contributed by atoms with Gasteiger partial charge in [-0.15, -0.1) is 11.3 Å². The van der Waals surface area contributed by atoms with Gasteiger partial charge in [0, 0.05) is 49.9 Å². The van der Waals surface area contributed by atoms with Gasteiger partial charge in [0.25, 0.3) is 0 Å². The van der Waals surface area contributed by atoms with Crippen molar-refractivity contribution in [3.8, 4) is 0 Å². The molecule has 7 heteroatoms. The van der Waals surface area contributed by atoms with Gasteiger partial charge in [0.1, 0.15) is 0 Å². The first-order chi connectivity index (χ1) is 12.5. The van der Waals surface area contributed by atoms with Crippen LogP contribution >= 0.6 is 11.3 Å². The van der Waals surface area contributed by atoms with E-state index in [4.69, 9.17) is 0 Å². The highest BCUT2D eigenvalue weighted by atomic mass is 32.1. The Morgan fingerprint density at radius 1 is 1.42 bits per heavy atom. The predicted molar refractivity (Wildman–Crippen MR) is 103 cm³/mol. The van der Waals surface area contributed by atoms with Crippen LogP contribution in [0, 0.1) is 12.8 Å². The van der Waals surface area contributed by atoms with E-state index in [1.807, 2.05) is 19.5 Å². The van der Waals surface area contributed by atoms with Crippen molar-refractivity contribution >= 4 is 23.3 Å². The predicted octanol–water partition coefficient (Wildman–Crippen LogP) is 2.82. The van der Waals surface area contributed by atoms with E-state index in [2.05, 4.69) is 15.2 Å². The molecule has 1 saturated carbocycles. The third-order valence-electron chi connectivity index (χ3n) is 5.58. The Bertz CT molecular complexity index is 627. The topological polar surface area (TPSA) is 65.5 Å². The average molecular weight is 379 g/mol. The van der Waals surface area contributed by atoms with Gasteiger partial charge >= 0.3 is 6.03 Å². The number of aromatic nitrogens is 1. The Morgan fingerprint density at radius 3 is 2.88 bits per heavy atom. The Hall–Kier alpha value is -1.63. The smallest absolute Gasteiger partial charge is 0.317 e. The molecular formula is C19H30N4O2S. The zero-order valence-corrected chi connectivity index (χ0v) is 16.7. The van der Waals surface area contributed by atoms with Crippen molar-refractivity contribution in [2.75, 3.05) is 26.7 Å². The molecule has 1 aromatic heterocycles. The standard InChI is InChI=1S/C19H30N4O2S/c1-14-17(26-13-21-14)8-5-9-20-19(25)22(2)11-15-10-18(24)23(12-15)16-6-3-4-7-16/h13,15-16H,3-12H2,1-2H3,(H,20,25). The molecule has 0 aromatic carbocycles. The summed E-state index contributed by atoms with van der Waals surface area (Å²) >= 11 is 1.68. The van der Waals surface area contributed by atoms with Gasteiger partial charge in [0.05, 0.1) is 11.2 Å². The van der Waals surface area contributed by atoms with E-state index in [1.54, 1.807) is 16.2 Å². The number of hydrogen-bond acceptors (Lipinski definition) is 4. The van der Waals surface area contributed by atoms with Gasteiger partial charge in [-0.3, -0.25) is 4.79 Å². The van der Waals surface area contributed by atoms with Crippen molar-refractivity contribution in [2.24, 2.45) is 5.92 Å². The van der Waals surface area contributed by atoms with E-state index in [9.17, 15) is 9.59 Å². The summed E-state index contributed by atoms with van der Waals surface area (Å²) in [5.41, 5.74) is 2.96. The first kappa shape index (κ1) is 19.1. The van der Waals surface area contributed by atoms with Crippen LogP contribution in [0.5, 0.6) is 0 Å². The second-order valence-corrected chi connectivity index (χ2v) is 8.57. The fraction of sp³-hybridized carbons (Fsp3) is 0.737. The maximum absolute atomic E-state index is 12.3. The molecule has 3 amide bonds. The molecule has 2 aliphatic rings. The zero-order chi connectivity index (χ0) is 18.5. The third kappa shape index (κ3) is 4.75. The monoisotopic (exact) mass is 378 g/mol. The molecule has 1 saturated heterocycles. The molecule has 0 spiro atoms. The van der Waals surface area contributed by atoms with Gasteiger partial charge in [-0.25, -0.2) is 9.78 Å². The fourth-order valence-electron chi connectivity index (χ4n) is 4.12. The molecule has 3 rings (SSSR count). The molecule has 144 valence electrons. The van der Waals surface area contributed by atoms with Crippen molar-refractivity contribution in [1.82, 2.24) is 20.1 Å². The van der Waals surface area contributed by atoms with E-state index in [0.29, 0.717) is 25.6 Å². The Morgan fingerprint density at radius 2 is 2.19 bits per heavy atom. The number of likely N-dealkylation sites (tertiary alicyclic amines) is 1. The summed E-state index contributed by atoms with van der Waals surface area (Å²) in [5.74, 6) is 0.536. The first-order valence-electron chi connectivity index (χ1n) is 9.72. The minimum atomic E-state index is -0.0437. The molecular weight excluding hydrogens is 348 g/mol. The lowest BCUT2D eigenvalue weighted by Crippen LogP contribution is -2.41. The molecule has 1 aliphatic carbocycles. The van der Waals surface area contributed by atoms with Gasteiger partial charge in [-0.1, -0.05) is 12.8 Å². The molecule has 1 unspecified atom stereocenters. The molecule has 1 aliphatic heterocycles. The molecule has 1 aromatic rings. The SMILES string of the molecule is Cc1ncsc1CCCNC(=O)N(C)CC1CC(=O)N(C2CCCC2)C1. The zero-order valence-electron chi connectivity index (χ0n) is 15.9. The number of thiazole rings is 1. The molecule has 2 fully saturated rings. The number of nitrogens with zero attached hydrogens (tertiary/aromatic N) is 3. The van der Waals surface area contributed by atoms with E-state index in [-0.39, 0.29) is 17.9 Å². The van der Waals surface area contributed by atoms with Gasteiger partial charge < -0.3 is 15.1 Å². The molecule has 1 atom stereocenters. The number of nitrogens with one attached hydrogen (secondary N) is 1. The summed E-state index contributed by atoms with van der Waals surface area (Å²) in [4.78, 5) is 33.9. The summed E-state index contributed by atoms with van der Waals surface area (Å²) in [6.07, 6.45) is 7.22. The Balaban J connectivity index is 1.36. The van der Waals surface area contributed by atoms with E-state index >= 15 is 0 Å². The molecule has 26 heavy (non-hydrogen) atoms. The molecule has 0 radical (unpaired) electrons. The van der Waals surface area contributed by atoms with E-state index < -0.39 is 0 Å². The van der Waals surface area contributed by atoms with Crippen molar-refractivity contribution in [2.45, 2.75) is 57.9 Å². The highest BCUT2D eigenvalue weighted by Crippen LogP contribution is 2.29. The number of rotatable bonds is 7. The van der Waals surface area contributed by atoms with Crippen LogP contribution in [0.4, 0.5) is 4.79 Å². The third-order valence-corrected chi connectivity index (χ3v) is 6.58. The van der Waals surface area contributed by atoms with Gasteiger partial charge in [0.2, 0.25) is 5.91 Å². The van der Waals surface area contributed by atoms with Crippen LogP contribution in [-0.2, 0) is 11.2 Å². The van der Waals surface area contributed by atoms with Crippen LogP contribution in [0.3, 0.4) is 0 Å². The minimum absolute atomic E-state index is 0.0437. The van der Waals surface area contributed by atoms with Gasteiger partial charge in [-0.2, -0.15) is 0 Å². The summed E-state index contributed by atoms with van der Waals surface area (Å²) in [5, 5.41) is 2.99. The van der Waals surface area contributed by atoms with Crippen LogP contribution < -0.4 is 5.32 Å². The molecule has 0 bridgehead atoms. The largest absolute Gasteiger partial charge is 0.339 e. The second-order valence-electron chi connectivity index (χ2n) is 7.63. The summed E-state index contributed by atoms with van der Waals surface area (Å²) in [6, 6.07) is 0.402. The lowest BCUT2D eigenvalue weighted by atomic mass is 10.1. The quantitative estimate of drug-likeness (QED) is 0.742. The number of urea groups is 1. The number of carbonyl (C=O) groups is 2. The normalized spacial score (nSPS) is 20.8. The average Bonchev–Trinajstić information content (AvgIpc) is 3.33. The lowest BCUT2D eigenvalue weighted by Gasteiger charge is -2.25. The molecule has 2 heterocycles. The van der Waals surface area contributed by atoms with Crippen LogP contribution in [0.15, 0.2) is 5.51 Å². The van der Waals surface area contributed by atoms with Crippen LogP contribution in [0.25, 0.3) is 0 Å². The molecule has 1 N–H and O–H groups in total. The van der Waals surface area contributed by atoms with Crippen LogP contribution in [-0.4, -0.2) is 59.4 Å². The summed E-state index contributed by atoms with van der Waals surface area (Å²) in [6.45, 7) is 4.15. The van der Waals surface area contributed by atoms with Crippen molar-refractivity contribution in [1.29, 1.82) is 0 Å². The van der Waals surface area contributed by atoms with E-state index in [1.165, 1.54) is 17.7 Å². The maximum atomic E-state index is 12.3. The van der Waals surface area contributed by atoms with Crippen molar-refractivity contribution in [3.63, 3.8) is 0 Å². The highest BCUT2D eigenvalue weighted by Gasteiger charge is 2.36. The minimum Gasteiger partial charge on any atom is -0.339 e. The Labute approximate surface area is 160 Å². The number of hydrogen-bond donors (Lipinski definition) is 1. The lowest BCUT2D eigenvalue weighted by molar-refractivity contribution is -0.129. The van der Waals surface area contributed by atoms with E-state index in [0.717, 1.165) is 37.9 Å². The van der Waals surface area contributed by atoms with Gasteiger partial charge in [-0.05, 0) is 32.6 Å². The Kier molecular flexibility index (Phi) is 6.51. The first-order valence-corrected chi connectivity index (χ1v) is 10.6.